The van der Waals surface area contributed by atoms with E-state index < -0.39 is 17.4 Å². The van der Waals surface area contributed by atoms with Gasteiger partial charge in [0.1, 0.15) is 0 Å². The van der Waals surface area contributed by atoms with Crippen molar-refractivity contribution in [2.75, 3.05) is 5.73 Å². The molecule has 0 fully saturated rings. The first-order valence-electron chi connectivity index (χ1n) is 3.87. The Balaban J connectivity index is 3.16. The van der Waals surface area contributed by atoms with Gasteiger partial charge in [0, 0.05) is 5.69 Å². The smallest absolute Gasteiger partial charge is 0.399 e. The zero-order chi connectivity index (χ0) is 11.0. The molecule has 1 unspecified atom stereocenters. The van der Waals surface area contributed by atoms with Crippen LogP contribution < -0.4 is 5.73 Å². The molecule has 1 aromatic carbocycles. The van der Waals surface area contributed by atoms with E-state index in [0.29, 0.717) is 6.92 Å². The van der Waals surface area contributed by atoms with Crippen LogP contribution in [0.2, 0.25) is 0 Å². The lowest BCUT2D eigenvalue weighted by Crippen LogP contribution is -2.34. The summed E-state index contributed by atoms with van der Waals surface area (Å²) in [5.74, 6) is 0. The number of halogens is 4. The molecule has 14 heavy (non-hydrogen) atoms. The summed E-state index contributed by atoms with van der Waals surface area (Å²) in [6.07, 6.45) is -4.93. The third kappa shape index (κ3) is 1.81. The molecule has 5 heteroatoms. The monoisotopic (exact) mass is 207 g/mol. The fraction of sp³-hybridized carbons (Fsp3) is 0.333. The van der Waals surface area contributed by atoms with Crippen LogP contribution in [0.15, 0.2) is 24.3 Å². The minimum atomic E-state index is -4.93. The van der Waals surface area contributed by atoms with Gasteiger partial charge in [0.25, 0.3) is 0 Å². The molecular weight excluding hydrogens is 198 g/mol. The van der Waals surface area contributed by atoms with E-state index in [2.05, 4.69) is 0 Å². The molecule has 0 aromatic heterocycles. The highest BCUT2D eigenvalue weighted by Gasteiger charge is 2.53. The Bertz CT molecular complexity index is 330. The van der Waals surface area contributed by atoms with Gasteiger partial charge in [-0.2, -0.15) is 13.2 Å². The van der Waals surface area contributed by atoms with Crippen LogP contribution in [0.1, 0.15) is 12.5 Å². The summed E-state index contributed by atoms with van der Waals surface area (Å²) in [6.45, 7) is 0.474. The van der Waals surface area contributed by atoms with Crippen LogP contribution in [-0.4, -0.2) is 6.18 Å². The third-order valence-corrected chi connectivity index (χ3v) is 1.96. The Kier molecular flexibility index (Phi) is 2.43. The predicted octanol–water partition coefficient (Wildman–Crippen LogP) is 3.02. The van der Waals surface area contributed by atoms with Crippen LogP contribution in [0.5, 0.6) is 0 Å². The lowest BCUT2D eigenvalue weighted by Gasteiger charge is -2.24. The SMILES string of the molecule is CC(F)(c1cccc(N)c1)C(F)(F)F. The molecule has 0 radical (unpaired) electrons. The van der Waals surface area contributed by atoms with Gasteiger partial charge in [-0.25, -0.2) is 4.39 Å². The summed E-state index contributed by atoms with van der Waals surface area (Å²) in [5.41, 5.74) is 1.53. The second-order valence-corrected chi connectivity index (χ2v) is 3.13. The second kappa shape index (κ2) is 3.15. The predicted molar refractivity (Wildman–Crippen MR) is 45.4 cm³/mol. The molecule has 1 aromatic rings. The molecule has 0 amide bonds. The van der Waals surface area contributed by atoms with Crippen molar-refractivity contribution in [2.24, 2.45) is 0 Å². The van der Waals surface area contributed by atoms with Crippen LogP contribution in [0, 0.1) is 0 Å². The molecule has 1 atom stereocenters. The summed E-state index contributed by atoms with van der Waals surface area (Å²) in [7, 11) is 0. The largest absolute Gasteiger partial charge is 0.426 e. The zero-order valence-electron chi connectivity index (χ0n) is 7.40. The third-order valence-electron chi connectivity index (χ3n) is 1.96. The summed E-state index contributed by atoms with van der Waals surface area (Å²) in [5, 5.41) is 0. The lowest BCUT2D eigenvalue weighted by atomic mass is 9.97. The average Bonchev–Trinajstić information content (AvgIpc) is 2.02. The van der Waals surface area contributed by atoms with Gasteiger partial charge in [-0.15, -0.1) is 0 Å². The van der Waals surface area contributed by atoms with E-state index in [1.54, 1.807) is 0 Å². The highest BCUT2D eigenvalue weighted by molar-refractivity contribution is 5.42. The molecule has 0 bridgehead atoms. The van der Waals surface area contributed by atoms with Crippen molar-refractivity contribution in [3.63, 3.8) is 0 Å². The van der Waals surface area contributed by atoms with Gasteiger partial charge >= 0.3 is 6.18 Å². The fourth-order valence-electron chi connectivity index (χ4n) is 0.994. The van der Waals surface area contributed by atoms with Gasteiger partial charge in [-0.3, -0.25) is 0 Å². The Morgan fingerprint density at radius 1 is 1.14 bits per heavy atom. The maximum absolute atomic E-state index is 13.3. The van der Waals surface area contributed by atoms with Gasteiger partial charge in [0.05, 0.1) is 0 Å². The van der Waals surface area contributed by atoms with E-state index in [1.807, 2.05) is 0 Å². The van der Waals surface area contributed by atoms with Gasteiger partial charge in [-0.05, 0) is 24.6 Å². The summed E-state index contributed by atoms with van der Waals surface area (Å²) in [4.78, 5) is 0. The molecule has 78 valence electrons. The minimum Gasteiger partial charge on any atom is -0.399 e. The van der Waals surface area contributed by atoms with Crippen molar-refractivity contribution in [2.45, 2.75) is 18.8 Å². The molecular formula is C9H9F4N. The number of rotatable bonds is 1. The van der Waals surface area contributed by atoms with Crippen molar-refractivity contribution in [3.8, 4) is 0 Å². The van der Waals surface area contributed by atoms with Gasteiger partial charge < -0.3 is 5.73 Å². The zero-order valence-corrected chi connectivity index (χ0v) is 7.40. The van der Waals surface area contributed by atoms with Gasteiger partial charge in [0.15, 0.2) is 0 Å². The molecule has 0 aliphatic rings. The molecule has 0 saturated heterocycles. The maximum atomic E-state index is 13.3. The van der Waals surface area contributed by atoms with Crippen LogP contribution >= 0.6 is 0 Å². The number of nitrogen functional groups attached to an aromatic ring is 1. The first-order chi connectivity index (χ1) is 6.25. The van der Waals surface area contributed by atoms with Gasteiger partial charge in [0.2, 0.25) is 5.67 Å². The average molecular weight is 207 g/mol. The Hall–Kier alpha value is -1.26. The number of hydrogen-bond acceptors (Lipinski definition) is 1. The van der Waals surface area contributed by atoms with E-state index in [-0.39, 0.29) is 5.69 Å². The Morgan fingerprint density at radius 3 is 2.14 bits per heavy atom. The highest BCUT2D eigenvalue weighted by atomic mass is 19.4. The molecule has 0 heterocycles. The minimum absolute atomic E-state index is 0.107. The molecule has 0 spiro atoms. The number of hydrogen-bond donors (Lipinski definition) is 1. The molecule has 2 N–H and O–H groups in total. The van der Waals surface area contributed by atoms with Gasteiger partial charge in [-0.1, -0.05) is 12.1 Å². The molecule has 0 aliphatic carbocycles. The molecule has 0 aliphatic heterocycles. The molecule has 1 rings (SSSR count). The maximum Gasteiger partial charge on any atom is 0.426 e. The standard InChI is InChI=1S/C9H9F4N/c1-8(10,9(11,12)13)6-3-2-4-7(14)5-6/h2-5H,14H2,1H3. The number of benzene rings is 1. The molecule has 1 nitrogen and oxygen atoms in total. The number of nitrogens with two attached hydrogens (primary N) is 1. The normalized spacial score (nSPS) is 16.4. The van der Waals surface area contributed by atoms with Crippen molar-refractivity contribution in [1.82, 2.24) is 0 Å². The van der Waals surface area contributed by atoms with Crippen LogP contribution in [0.4, 0.5) is 23.2 Å². The Morgan fingerprint density at radius 2 is 1.71 bits per heavy atom. The van der Waals surface area contributed by atoms with E-state index in [9.17, 15) is 17.6 Å². The quantitative estimate of drug-likeness (QED) is 0.556. The van der Waals surface area contributed by atoms with Crippen molar-refractivity contribution in [3.05, 3.63) is 29.8 Å². The van der Waals surface area contributed by atoms with Crippen molar-refractivity contribution >= 4 is 5.69 Å². The van der Waals surface area contributed by atoms with Crippen LogP contribution in [0.25, 0.3) is 0 Å². The first kappa shape index (κ1) is 10.8. The lowest BCUT2D eigenvalue weighted by molar-refractivity contribution is -0.228. The first-order valence-corrected chi connectivity index (χ1v) is 3.87. The molecule has 0 saturated carbocycles. The van der Waals surface area contributed by atoms with Crippen LogP contribution in [-0.2, 0) is 5.67 Å². The number of alkyl halides is 4. The summed E-state index contributed by atoms with van der Waals surface area (Å²) >= 11 is 0. The topological polar surface area (TPSA) is 26.0 Å². The van der Waals surface area contributed by atoms with Crippen molar-refractivity contribution < 1.29 is 17.6 Å². The van der Waals surface area contributed by atoms with E-state index in [0.717, 1.165) is 12.1 Å². The van der Waals surface area contributed by atoms with E-state index >= 15 is 0 Å². The Labute approximate surface area is 78.5 Å². The van der Waals surface area contributed by atoms with E-state index in [4.69, 9.17) is 5.73 Å². The fourth-order valence-corrected chi connectivity index (χ4v) is 0.994. The van der Waals surface area contributed by atoms with E-state index in [1.165, 1.54) is 12.1 Å². The van der Waals surface area contributed by atoms with Crippen molar-refractivity contribution in [1.29, 1.82) is 0 Å². The second-order valence-electron chi connectivity index (χ2n) is 3.13. The summed E-state index contributed by atoms with van der Waals surface area (Å²) in [6, 6.07) is 4.72. The number of anilines is 1. The van der Waals surface area contributed by atoms with Crippen LogP contribution in [0.3, 0.4) is 0 Å². The highest BCUT2D eigenvalue weighted by Crippen LogP contribution is 2.42. The summed E-state index contributed by atoms with van der Waals surface area (Å²) < 4.78 is 50.0.